The van der Waals surface area contributed by atoms with Crippen LogP contribution in [0.5, 0.6) is 0 Å². The molecule has 0 saturated heterocycles. The van der Waals surface area contributed by atoms with Crippen molar-refractivity contribution in [3.8, 4) is 0 Å². The Morgan fingerprint density at radius 1 is 1.00 bits per heavy atom. The smallest absolute Gasteiger partial charge is 0.00218 e. The molecule has 0 nitrogen and oxygen atoms in total. The number of hydrogen-bond acceptors (Lipinski definition) is 0. The predicted octanol–water partition coefficient (Wildman–Crippen LogP) is -1.40. The molecule has 0 aliphatic heterocycles. The largest absolute Gasteiger partial charge is 1.00 e. The molecule has 1 aromatic rings. The van der Waals surface area contributed by atoms with E-state index < -0.39 is 0 Å². The number of allylic oxidation sites excluding steroid dienone is 4. The van der Waals surface area contributed by atoms with Crippen LogP contribution < -0.4 is 24.8 Å². The van der Waals surface area contributed by atoms with Crippen molar-refractivity contribution in [2.45, 2.75) is 47.5 Å². The summed E-state index contributed by atoms with van der Waals surface area (Å²) in [7, 11) is 0. The normalized spacial score (nSPS) is 12.4. The average molecular weight is 390 g/mol. The minimum absolute atomic E-state index is 0. The third kappa shape index (κ3) is 5.51. The maximum absolute atomic E-state index is 2.27. The van der Waals surface area contributed by atoms with Gasteiger partial charge in [0.25, 0.3) is 0 Å². The van der Waals surface area contributed by atoms with Gasteiger partial charge in [0.05, 0.1) is 0 Å². The molecule has 0 heterocycles. The molecule has 0 atom stereocenters. The Kier molecular flexibility index (Phi) is 11.2. The second kappa shape index (κ2) is 9.98. The number of rotatable bonds is 1. The zero-order chi connectivity index (χ0) is 13.9. The molecule has 0 amide bonds. The van der Waals surface area contributed by atoms with Crippen LogP contribution in [0, 0.1) is 27.7 Å². The summed E-state index contributed by atoms with van der Waals surface area (Å²) >= 11 is 1.55. The molecule has 0 unspecified atom stereocenters. The van der Waals surface area contributed by atoms with Crippen LogP contribution in [0.1, 0.15) is 47.6 Å². The van der Waals surface area contributed by atoms with Crippen molar-refractivity contribution in [1.82, 2.24) is 0 Å². The van der Waals surface area contributed by atoms with E-state index in [4.69, 9.17) is 0 Å². The van der Waals surface area contributed by atoms with Crippen molar-refractivity contribution in [3.63, 3.8) is 0 Å². The summed E-state index contributed by atoms with van der Waals surface area (Å²) in [5.41, 5.74) is 7.39. The van der Waals surface area contributed by atoms with Gasteiger partial charge in [0, 0.05) is 0 Å². The van der Waals surface area contributed by atoms with Gasteiger partial charge in [-0.1, -0.05) is 52.0 Å². The Morgan fingerprint density at radius 2 is 1.40 bits per heavy atom. The third-order valence-electron chi connectivity index (χ3n) is 3.58. The minimum Gasteiger partial charge on any atom is -1.00 e. The van der Waals surface area contributed by atoms with E-state index in [1.807, 2.05) is 0 Å². The summed E-state index contributed by atoms with van der Waals surface area (Å²) in [6, 6.07) is 0. The van der Waals surface area contributed by atoms with E-state index in [1.54, 1.807) is 24.2 Å². The molecular weight excluding hydrogens is 366 g/mol. The van der Waals surface area contributed by atoms with Crippen molar-refractivity contribution in [2.75, 3.05) is 0 Å². The Morgan fingerprint density at radius 3 is 1.70 bits per heavy atom. The summed E-state index contributed by atoms with van der Waals surface area (Å²) in [6.07, 6.45) is 8.82. The van der Waals surface area contributed by atoms with Crippen molar-refractivity contribution < 1.29 is 49.0 Å². The standard InChI is InChI=1S/C14H17.C3H6.2ClH.Zr/c1-9-10(2)12(4)14(11(9)3)13-7-5-6-8-13;1-3-2;;;/h5-8,13H,1-4H3;1-2H3;2*1H;/q-1;;;;+2/p-2. The molecule has 1 aromatic carbocycles. The summed E-state index contributed by atoms with van der Waals surface area (Å²) in [5, 5.41) is 0. The second-order valence-electron chi connectivity index (χ2n) is 5.21. The summed E-state index contributed by atoms with van der Waals surface area (Å²) in [5.74, 6) is 0.516. The van der Waals surface area contributed by atoms with Gasteiger partial charge < -0.3 is 24.8 Å². The Bertz CT molecular complexity index is 466. The van der Waals surface area contributed by atoms with Crippen LogP contribution in [0.15, 0.2) is 24.3 Å². The van der Waals surface area contributed by atoms with Gasteiger partial charge in [0.15, 0.2) is 0 Å². The average Bonchev–Trinajstić information content (AvgIpc) is 2.84. The first-order valence-corrected chi connectivity index (χ1v) is 7.68. The fourth-order valence-corrected chi connectivity index (χ4v) is 2.37. The van der Waals surface area contributed by atoms with Crippen LogP contribution in [0.2, 0.25) is 0 Å². The number of hydrogen-bond donors (Lipinski definition) is 0. The molecule has 0 aromatic heterocycles. The molecule has 0 N–H and O–H groups in total. The van der Waals surface area contributed by atoms with Crippen LogP contribution in [-0.4, -0.2) is 3.21 Å². The monoisotopic (exact) mass is 387 g/mol. The van der Waals surface area contributed by atoms with Crippen molar-refractivity contribution in [2.24, 2.45) is 0 Å². The Hall–Kier alpha value is 0.163. The predicted molar refractivity (Wildman–Crippen MR) is 78.4 cm³/mol. The summed E-state index contributed by atoms with van der Waals surface area (Å²) in [6.45, 7) is 13.2. The molecule has 3 heteroatoms. The quantitative estimate of drug-likeness (QED) is 0.519. The molecule has 0 bridgehead atoms. The topological polar surface area (TPSA) is 0 Å². The first-order chi connectivity index (χ1) is 8.36. The molecule has 0 radical (unpaired) electrons. The van der Waals surface area contributed by atoms with Crippen LogP contribution in [0.25, 0.3) is 0 Å². The van der Waals surface area contributed by atoms with Crippen molar-refractivity contribution >= 4 is 3.21 Å². The first kappa shape index (κ1) is 22.4. The van der Waals surface area contributed by atoms with Gasteiger partial charge in [0.2, 0.25) is 0 Å². The molecule has 0 saturated carbocycles. The fraction of sp³-hybridized carbons (Fsp3) is 0.412. The van der Waals surface area contributed by atoms with Gasteiger partial charge in [-0.3, -0.25) is 0 Å². The Balaban J connectivity index is 0. The van der Waals surface area contributed by atoms with E-state index in [1.165, 1.54) is 31.0 Å². The zero-order valence-corrected chi connectivity index (χ0v) is 17.1. The van der Waals surface area contributed by atoms with E-state index >= 15 is 0 Å². The van der Waals surface area contributed by atoms with E-state index in [2.05, 4.69) is 65.8 Å². The molecule has 2 rings (SSSR count). The second-order valence-corrected chi connectivity index (χ2v) is 7.67. The minimum atomic E-state index is 0. The van der Waals surface area contributed by atoms with E-state index in [9.17, 15) is 0 Å². The summed E-state index contributed by atoms with van der Waals surface area (Å²) < 4.78 is 1.51. The van der Waals surface area contributed by atoms with Gasteiger partial charge in [-0.2, -0.15) is 27.8 Å². The first-order valence-electron chi connectivity index (χ1n) is 6.46. The van der Waals surface area contributed by atoms with Crippen molar-refractivity contribution in [1.29, 1.82) is 0 Å². The molecule has 0 spiro atoms. The molecule has 0 fully saturated rings. The van der Waals surface area contributed by atoms with E-state index in [0.29, 0.717) is 5.92 Å². The third-order valence-corrected chi connectivity index (χ3v) is 3.58. The maximum Gasteiger partial charge on any atom is -0.00218 e. The number of halogens is 2. The fourth-order valence-electron chi connectivity index (χ4n) is 2.37. The summed E-state index contributed by atoms with van der Waals surface area (Å²) in [4.78, 5) is 0. The molecule has 1 aliphatic rings. The maximum atomic E-state index is 2.27. The van der Waals surface area contributed by atoms with Gasteiger partial charge in [-0.15, -0.1) is 0 Å². The van der Waals surface area contributed by atoms with E-state index in [0.717, 1.165) is 0 Å². The van der Waals surface area contributed by atoms with Crippen molar-refractivity contribution in [3.05, 3.63) is 52.1 Å². The molecule has 110 valence electrons. The zero-order valence-electron chi connectivity index (χ0n) is 13.1. The molecular formula is C17H23Cl2Zr-. The Labute approximate surface area is 151 Å². The van der Waals surface area contributed by atoms with Crippen LogP contribution in [0.3, 0.4) is 0 Å². The van der Waals surface area contributed by atoms with E-state index in [-0.39, 0.29) is 24.8 Å². The molecule has 20 heavy (non-hydrogen) atoms. The van der Waals surface area contributed by atoms with Gasteiger partial charge >= 0.3 is 41.3 Å². The van der Waals surface area contributed by atoms with Gasteiger partial charge in [-0.05, 0) is 5.92 Å². The van der Waals surface area contributed by atoms with Crippen LogP contribution in [0.4, 0.5) is 0 Å². The van der Waals surface area contributed by atoms with Gasteiger partial charge in [-0.25, -0.2) is 0 Å². The molecule has 1 aliphatic carbocycles. The van der Waals surface area contributed by atoms with Crippen LogP contribution in [-0.2, 0) is 24.2 Å². The van der Waals surface area contributed by atoms with Crippen LogP contribution >= 0.6 is 0 Å². The van der Waals surface area contributed by atoms with Gasteiger partial charge in [0.1, 0.15) is 0 Å². The SMILES string of the molecule is C[C](C)=[Zr+2].Cc1c(C)c(C2C=CC=C2)[c-](C)c1C.[Cl-].[Cl-].